The molecule has 1 aliphatic rings. The molecule has 0 spiro atoms. The van der Waals surface area contributed by atoms with Crippen molar-refractivity contribution in [3.63, 3.8) is 0 Å². The van der Waals surface area contributed by atoms with Crippen LogP contribution in [0, 0.1) is 0 Å². The summed E-state index contributed by atoms with van der Waals surface area (Å²) in [5.74, 6) is 0.780. The maximum atomic E-state index is 6.03. The number of hydrogen-bond donors (Lipinski definition) is 0. The Bertz CT molecular complexity index is 363. The third-order valence-electron chi connectivity index (χ3n) is 3.40. The first kappa shape index (κ1) is 14.0. The van der Waals surface area contributed by atoms with Crippen LogP contribution in [0.5, 0.6) is 0 Å². The molecule has 1 saturated heterocycles. The Kier molecular flexibility index (Phi) is 5.61. The van der Waals surface area contributed by atoms with Crippen molar-refractivity contribution in [2.75, 3.05) is 43.5 Å². The van der Waals surface area contributed by atoms with Gasteiger partial charge in [-0.1, -0.05) is 17.7 Å². The SMILES string of the molecule is ClCCCCN1CCN(c2cccc(Cl)c2)CC1. The summed E-state index contributed by atoms with van der Waals surface area (Å²) in [6.07, 6.45) is 2.33. The molecule has 2 nitrogen and oxygen atoms in total. The zero-order valence-electron chi connectivity index (χ0n) is 10.6. The molecule has 0 bridgehead atoms. The third-order valence-corrected chi connectivity index (χ3v) is 3.91. The Balaban J connectivity index is 1.79. The summed E-state index contributed by atoms with van der Waals surface area (Å²) in [6, 6.07) is 8.12. The molecule has 0 N–H and O–H groups in total. The summed E-state index contributed by atoms with van der Waals surface area (Å²) < 4.78 is 0. The smallest absolute Gasteiger partial charge is 0.0426 e. The molecule has 1 aromatic rings. The van der Waals surface area contributed by atoms with Gasteiger partial charge in [0, 0.05) is 42.8 Å². The van der Waals surface area contributed by atoms with Crippen molar-refractivity contribution in [3.8, 4) is 0 Å². The Morgan fingerprint density at radius 1 is 1.06 bits per heavy atom. The Morgan fingerprint density at radius 2 is 1.83 bits per heavy atom. The lowest BCUT2D eigenvalue weighted by Gasteiger charge is -2.36. The molecule has 0 saturated carbocycles. The number of piperazine rings is 1. The first-order valence-corrected chi connectivity index (χ1v) is 7.49. The van der Waals surface area contributed by atoms with E-state index < -0.39 is 0 Å². The predicted molar refractivity (Wildman–Crippen MR) is 80.1 cm³/mol. The maximum absolute atomic E-state index is 6.03. The van der Waals surface area contributed by atoms with Crippen molar-refractivity contribution in [2.45, 2.75) is 12.8 Å². The molecule has 4 heteroatoms. The normalized spacial score (nSPS) is 17.1. The molecule has 1 heterocycles. The molecule has 0 amide bonds. The molecule has 18 heavy (non-hydrogen) atoms. The van der Waals surface area contributed by atoms with E-state index in [9.17, 15) is 0 Å². The van der Waals surface area contributed by atoms with Gasteiger partial charge in [-0.05, 0) is 37.6 Å². The Morgan fingerprint density at radius 3 is 2.50 bits per heavy atom. The molecule has 0 aliphatic carbocycles. The number of anilines is 1. The van der Waals surface area contributed by atoms with E-state index in [4.69, 9.17) is 23.2 Å². The van der Waals surface area contributed by atoms with Gasteiger partial charge in [-0.3, -0.25) is 4.90 Å². The molecule has 0 radical (unpaired) electrons. The van der Waals surface area contributed by atoms with Crippen LogP contribution in [0.25, 0.3) is 0 Å². The van der Waals surface area contributed by atoms with E-state index in [-0.39, 0.29) is 0 Å². The summed E-state index contributed by atoms with van der Waals surface area (Å²) in [5.41, 5.74) is 1.24. The number of alkyl halides is 1. The van der Waals surface area contributed by atoms with Gasteiger partial charge in [0.05, 0.1) is 0 Å². The first-order valence-electron chi connectivity index (χ1n) is 6.58. The van der Waals surface area contributed by atoms with E-state index in [2.05, 4.69) is 15.9 Å². The fourth-order valence-electron chi connectivity index (χ4n) is 2.33. The summed E-state index contributed by atoms with van der Waals surface area (Å²) in [7, 11) is 0. The molecule has 0 aromatic heterocycles. The van der Waals surface area contributed by atoms with Crippen LogP contribution in [0.4, 0.5) is 5.69 Å². The number of benzene rings is 1. The van der Waals surface area contributed by atoms with Crippen molar-refractivity contribution in [3.05, 3.63) is 29.3 Å². The highest BCUT2D eigenvalue weighted by Crippen LogP contribution is 2.20. The van der Waals surface area contributed by atoms with E-state index >= 15 is 0 Å². The molecular weight excluding hydrogens is 267 g/mol. The molecule has 1 aromatic carbocycles. The number of hydrogen-bond acceptors (Lipinski definition) is 2. The summed E-state index contributed by atoms with van der Waals surface area (Å²) in [4.78, 5) is 4.93. The first-order chi connectivity index (χ1) is 8.79. The van der Waals surface area contributed by atoms with Gasteiger partial charge >= 0.3 is 0 Å². The zero-order chi connectivity index (χ0) is 12.8. The van der Waals surface area contributed by atoms with Gasteiger partial charge in [0.1, 0.15) is 0 Å². The molecule has 1 aliphatic heterocycles. The lowest BCUT2D eigenvalue weighted by molar-refractivity contribution is 0.254. The van der Waals surface area contributed by atoms with Crippen molar-refractivity contribution in [1.29, 1.82) is 0 Å². The summed E-state index contributed by atoms with van der Waals surface area (Å²) in [6.45, 7) is 5.61. The lowest BCUT2D eigenvalue weighted by Crippen LogP contribution is -2.46. The average molecular weight is 287 g/mol. The maximum Gasteiger partial charge on any atom is 0.0426 e. The lowest BCUT2D eigenvalue weighted by atomic mass is 10.2. The van der Waals surface area contributed by atoms with Gasteiger partial charge in [0.2, 0.25) is 0 Å². The standard InChI is InChI=1S/C14H20Cl2N2/c15-6-1-2-7-17-8-10-18(11-9-17)14-5-3-4-13(16)12-14/h3-5,12H,1-2,6-11H2. The largest absolute Gasteiger partial charge is 0.369 e. The van der Waals surface area contributed by atoms with Gasteiger partial charge in [-0.2, -0.15) is 0 Å². The third kappa shape index (κ3) is 4.04. The topological polar surface area (TPSA) is 6.48 Å². The van der Waals surface area contributed by atoms with Crippen LogP contribution >= 0.6 is 23.2 Å². The van der Waals surface area contributed by atoms with Crippen molar-refractivity contribution in [1.82, 2.24) is 4.90 Å². The monoisotopic (exact) mass is 286 g/mol. The van der Waals surface area contributed by atoms with E-state index in [1.54, 1.807) is 0 Å². The van der Waals surface area contributed by atoms with Crippen LogP contribution in [0.2, 0.25) is 5.02 Å². The fraction of sp³-hybridized carbons (Fsp3) is 0.571. The molecule has 100 valence electrons. The Labute approximate surface area is 119 Å². The minimum absolute atomic E-state index is 0.780. The minimum Gasteiger partial charge on any atom is -0.369 e. The van der Waals surface area contributed by atoms with Crippen LogP contribution in [-0.2, 0) is 0 Å². The highest BCUT2D eigenvalue weighted by molar-refractivity contribution is 6.30. The number of rotatable bonds is 5. The van der Waals surface area contributed by atoms with E-state index in [0.717, 1.165) is 43.5 Å². The van der Waals surface area contributed by atoms with Gasteiger partial charge < -0.3 is 4.90 Å². The molecule has 0 atom stereocenters. The van der Waals surface area contributed by atoms with Crippen LogP contribution in [0.15, 0.2) is 24.3 Å². The van der Waals surface area contributed by atoms with Crippen molar-refractivity contribution < 1.29 is 0 Å². The molecule has 2 rings (SSSR count). The number of unbranched alkanes of at least 4 members (excludes halogenated alkanes) is 1. The molecule has 0 unspecified atom stereocenters. The number of nitrogens with zero attached hydrogens (tertiary/aromatic N) is 2. The van der Waals surface area contributed by atoms with Crippen LogP contribution < -0.4 is 4.90 Å². The molecular formula is C14H20Cl2N2. The zero-order valence-corrected chi connectivity index (χ0v) is 12.1. The Hall–Kier alpha value is -0.440. The quantitative estimate of drug-likeness (QED) is 0.604. The van der Waals surface area contributed by atoms with Crippen LogP contribution in [-0.4, -0.2) is 43.5 Å². The summed E-state index contributed by atoms with van der Waals surface area (Å²) in [5, 5.41) is 0.817. The van der Waals surface area contributed by atoms with E-state index in [1.807, 2.05) is 18.2 Å². The minimum atomic E-state index is 0.780. The average Bonchev–Trinajstić information content (AvgIpc) is 2.40. The molecule has 1 fully saturated rings. The van der Waals surface area contributed by atoms with Crippen molar-refractivity contribution >= 4 is 28.9 Å². The van der Waals surface area contributed by atoms with Crippen LogP contribution in [0.1, 0.15) is 12.8 Å². The van der Waals surface area contributed by atoms with E-state index in [0.29, 0.717) is 0 Å². The second kappa shape index (κ2) is 7.22. The second-order valence-corrected chi connectivity index (χ2v) is 5.52. The van der Waals surface area contributed by atoms with Gasteiger partial charge in [0.15, 0.2) is 0 Å². The van der Waals surface area contributed by atoms with Crippen molar-refractivity contribution in [2.24, 2.45) is 0 Å². The van der Waals surface area contributed by atoms with Gasteiger partial charge in [-0.25, -0.2) is 0 Å². The highest BCUT2D eigenvalue weighted by atomic mass is 35.5. The summed E-state index contributed by atoms with van der Waals surface area (Å²) >= 11 is 11.7. The van der Waals surface area contributed by atoms with Crippen LogP contribution in [0.3, 0.4) is 0 Å². The predicted octanol–water partition coefficient (Wildman–Crippen LogP) is 3.48. The number of halogens is 2. The van der Waals surface area contributed by atoms with Gasteiger partial charge in [0.25, 0.3) is 0 Å². The second-order valence-electron chi connectivity index (χ2n) is 4.70. The highest BCUT2D eigenvalue weighted by Gasteiger charge is 2.16. The van der Waals surface area contributed by atoms with Gasteiger partial charge in [-0.15, -0.1) is 11.6 Å². The van der Waals surface area contributed by atoms with E-state index in [1.165, 1.54) is 18.7 Å². The fourth-order valence-corrected chi connectivity index (χ4v) is 2.71.